The number of aryl methyl sites for hydroxylation is 1. The van der Waals surface area contributed by atoms with Gasteiger partial charge in [0.1, 0.15) is 11.6 Å². The molecule has 0 radical (unpaired) electrons. The van der Waals surface area contributed by atoms with E-state index in [1.807, 2.05) is 0 Å². The zero-order valence-electron chi connectivity index (χ0n) is 14.8. The number of hydrogen-bond donors (Lipinski definition) is 1. The molecule has 0 aliphatic heterocycles. The van der Waals surface area contributed by atoms with Crippen molar-refractivity contribution in [3.05, 3.63) is 53.8 Å². The number of anilines is 2. The van der Waals surface area contributed by atoms with Crippen molar-refractivity contribution in [1.82, 2.24) is 0 Å². The molecule has 0 unspecified atom stereocenters. The third-order valence-corrected chi connectivity index (χ3v) is 4.93. The van der Waals surface area contributed by atoms with Gasteiger partial charge in [0.15, 0.2) is 6.61 Å². The molecule has 26 heavy (non-hydrogen) atoms. The molecule has 1 amide bonds. The molecule has 0 atom stereocenters. The molecule has 0 aliphatic rings. The van der Waals surface area contributed by atoms with E-state index < -0.39 is 21.7 Å². The van der Waals surface area contributed by atoms with Crippen molar-refractivity contribution in [2.45, 2.75) is 13.8 Å². The first-order chi connectivity index (χ1) is 12.2. The maximum absolute atomic E-state index is 13.2. The standard InChI is InChI=1S/C18H21FN2O4S/c1-4-21(26(3,23)24)15-7-9-16(10-8-15)25-12-18(22)20-17-11-14(19)6-5-13(17)2/h5-11H,4,12H2,1-3H3,(H,20,22). The summed E-state index contributed by atoms with van der Waals surface area (Å²) in [4.78, 5) is 12.0. The van der Waals surface area contributed by atoms with Crippen LogP contribution in [-0.2, 0) is 14.8 Å². The number of rotatable bonds is 7. The minimum absolute atomic E-state index is 0.251. The van der Waals surface area contributed by atoms with Gasteiger partial charge in [0.05, 0.1) is 11.9 Å². The fourth-order valence-corrected chi connectivity index (χ4v) is 3.35. The Morgan fingerprint density at radius 2 is 1.85 bits per heavy atom. The summed E-state index contributed by atoms with van der Waals surface area (Å²) >= 11 is 0. The highest BCUT2D eigenvalue weighted by molar-refractivity contribution is 7.92. The van der Waals surface area contributed by atoms with Crippen LogP contribution in [0.25, 0.3) is 0 Å². The van der Waals surface area contributed by atoms with Crippen molar-refractivity contribution < 1.29 is 22.3 Å². The van der Waals surface area contributed by atoms with Crippen molar-refractivity contribution in [1.29, 1.82) is 0 Å². The quantitative estimate of drug-likeness (QED) is 0.801. The van der Waals surface area contributed by atoms with E-state index in [1.165, 1.54) is 16.4 Å². The fraction of sp³-hybridized carbons (Fsp3) is 0.278. The van der Waals surface area contributed by atoms with E-state index in [0.29, 0.717) is 23.7 Å². The second kappa shape index (κ2) is 8.18. The Hall–Kier alpha value is -2.61. The Labute approximate surface area is 152 Å². The van der Waals surface area contributed by atoms with E-state index in [-0.39, 0.29) is 6.61 Å². The van der Waals surface area contributed by atoms with E-state index in [1.54, 1.807) is 44.2 Å². The smallest absolute Gasteiger partial charge is 0.262 e. The Morgan fingerprint density at radius 1 is 1.19 bits per heavy atom. The molecule has 8 heteroatoms. The van der Waals surface area contributed by atoms with Gasteiger partial charge in [0.25, 0.3) is 5.91 Å². The van der Waals surface area contributed by atoms with Crippen molar-refractivity contribution in [3.8, 4) is 5.75 Å². The molecule has 0 aliphatic carbocycles. The lowest BCUT2D eigenvalue weighted by atomic mass is 10.2. The maximum atomic E-state index is 13.2. The van der Waals surface area contributed by atoms with Gasteiger partial charge in [-0.3, -0.25) is 9.10 Å². The number of nitrogens with zero attached hydrogens (tertiary/aromatic N) is 1. The SMILES string of the molecule is CCN(c1ccc(OCC(=O)Nc2cc(F)ccc2C)cc1)S(C)(=O)=O. The van der Waals surface area contributed by atoms with Crippen LogP contribution in [0.15, 0.2) is 42.5 Å². The minimum Gasteiger partial charge on any atom is -0.484 e. The van der Waals surface area contributed by atoms with Crippen LogP contribution in [-0.4, -0.2) is 33.7 Å². The molecule has 0 saturated heterocycles. The van der Waals surface area contributed by atoms with Crippen LogP contribution >= 0.6 is 0 Å². The average Bonchev–Trinajstić information content (AvgIpc) is 2.57. The molecule has 6 nitrogen and oxygen atoms in total. The Bertz CT molecular complexity index is 883. The summed E-state index contributed by atoms with van der Waals surface area (Å²) in [6, 6.07) is 10.5. The molecule has 0 bridgehead atoms. The number of carbonyl (C=O) groups excluding carboxylic acids is 1. The van der Waals surface area contributed by atoms with Gasteiger partial charge in [-0.05, 0) is 55.8 Å². The highest BCUT2D eigenvalue weighted by atomic mass is 32.2. The van der Waals surface area contributed by atoms with Crippen molar-refractivity contribution in [2.24, 2.45) is 0 Å². The fourth-order valence-electron chi connectivity index (χ4n) is 2.38. The van der Waals surface area contributed by atoms with Gasteiger partial charge >= 0.3 is 0 Å². The van der Waals surface area contributed by atoms with E-state index >= 15 is 0 Å². The van der Waals surface area contributed by atoms with E-state index in [0.717, 1.165) is 11.8 Å². The van der Waals surface area contributed by atoms with Crippen molar-refractivity contribution in [3.63, 3.8) is 0 Å². The number of benzene rings is 2. The van der Waals surface area contributed by atoms with Gasteiger partial charge in [-0.2, -0.15) is 0 Å². The van der Waals surface area contributed by atoms with Crippen molar-refractivity contribution in [2.75, 3.05) is 29.0 Å². The molecule has 0 saturated carbocycles. The predicted molar refractivity (Wildman–Crippen MR) is 99.6 cm³/mol. The van der Waals surface area contributed by atoms with Gasteiger partial charge in [-0.25, -0.2) is 12.8 Å². The summed E-state index contributed by atoms with van der Waals surface area (Å²) in [6.45, 7) is 3.56. The monoisotopic (exact) mass is 380 g/mol. The number of carbonyl (C=O) groups is 1. The summed E-state index contributed by atoms with van der Waals surface area (Å²) in [6.07, 6.45) is 1.14. The molecule has 2 rings (SSSR count). The predicted octanol–water partition coefficient (Wildman–Crippen LogP) is 2.94. The van der Waals surface area contributed by atoms with E-state index in [4.69, 9.17) is 4.74 Å². The Balaban J connectivity index is 1.97. The van der Waals surface area contributed by atoms with Gasteiger partial charge in [-0.15, -0.1) is 0 Å². The minimum atomic E-state index is -3.35. The average molecular weight is 380 g/mol. The highest BCUT2D eigenvalue weighted by Gasteiger charge is 2.15. The second-order valence-corrected chi connectivity index (χ2v) is 7.62. The zero-order valence-corrected chi connectivity index (χ0v) is 15.6. The van der Waals surface area contributed by atoms with Crippen LogP contribution in [0.1, 0.15) is 12.5 Å². The molecule has 2 aromatic carbocycles. The van der Waals surface area contributed by atoms with Crippen LogP contribution in [0.4, 0.5) is 15.8 Å². The number of nitrogens with one attached hydrogen (secondary N) is 1. The summed E-state index contributed by atoms with van der Waals surface area (Å²) < 4.78 is 43.3. The number of ether oxygens (including phenoxy) is 1. The summed E-state index contributed by atoms with van der Waals surface area (Å²) in [5.74, 6) is -0.438. The molecular weight excluding hydrogens is 359 g/mol. The lowest BCUT2D eigenvalue weighted by Gasteiger charge is -2.20. The van der Waals surface area contributed by atoms with Gasteiger partial charge in [0, 0.05) is 12.2 Å². The third kappa shape index (κ3) is 5.19. The van der Waals surface area contributed by atoms with Crippen LogP contribution in [0.3, 0.4) is 0 Å². The van der Waals surface area contributed by atoms with Crippen molar-refractivity contribution >= 4 is 27.3 Å². The summed E-state index contributed by atoms with van der Waals surface area (Å²) in [7, 11) is -3.35. The number of hydrogen-bond acceptors (Lipinski definition) is 4. The van der Waals surface area contributed by atoms with Gasteiger partial charge < -0.3 is 10.1 Å². The first-order valence-electron chi connectivity index (χ1n) is 7.97. The highest BCUT2D eigenvalue weighted by Crippen LogP contribution is 2.21. The lowest BCUT2D eigenvalue weighted by Crippen LogP contribution is -2.29. The normalized spacial score (nSPS) is 11.1. The molecule has 1 N–H and O–H groups in total. The van der Waals surface area contributed by atoms with Gasteiger partial charge in [-0.1, -0.05) is 6.07 Å². The van der Waals surface area contributed by atoms with E-state index in [9.17, 15) is 17.6 Å². The number of sulfonamides is 1. The summed E-state index contributed by atoms with van der Waals surface area (Å²) in [5, 5.41) is 2.59. The number of halogens is 1. The number of amides is 1. The molecule has 0 heterocycles. The Morgan fingerprint density at radius 3 is 2.42 bits per heavy atom. The first-order valence-corrected chi connectivity index (χ1v) is 9.82. The molecule has 0 aromatic heterocycles. The molecule has 2 aromatic rings. The third-order valence-electron chi connectivity index (χ3n) is 3.66. The molecule has 140 valence electrons. The first kappa shape index (κ1) is 19.7. The summed E-state index contributed by atoms with van der Waals surface area (Å²) in [5.41, 5.74) is 1.65. The van der Waals surface area contributed by atoms with E-state index in [2.05, 4.69) is 5.32 Å². The topological polar surface area (TPSA) is 75.7 Å². The van der Waals surface area contributed by atoms with Crippen LogP contribution in [0.5, 0.6) is 5.75 Å². The Kier molecular flexibility index (Phi) is 6.20. The second-order valence-electron chi connectivity index (χ2n) is 5.72. The molecule has 0 fully saturated rings. The lowest BCUT2D eigenvalue weighted by molar-refractivity contribution is -0.118. The largest absolute Gasteiger partial charge is 0.484 e. The van der Waals surface area contributed by atoms with Gasteiger partial charge in [0.2, 0.25) is 10.0 Å². The van der Waals surface area contributed by atoms with Crippen LogP contribution < -0.4 is 14.4 Å². The molecular formula is C18H21FN2O4S. The maximum Gasteiger partial charge on any atom is 0.262 e. The van der Waals surface area contributed by atoms with Crippen LogP contribution in [0.2, 0.25) is 0 Å². The zero-order chi connectivity index (χ0) is 19.3. The molecule has 0 spiro atoms. The van der Waals surface area contributed by atoms with Crippen LogP contribution in [0, 0.1) is 12.7 Å².